The maximum Gasteiger partial charge on any atom is 0.0334 e. The molecular formula is C14H28N2. The van der Waals surface area contributed by atoms with Crippen LogP contribution in [0, 0.1) is 5.92 Å². The first-order chi connectivity index (χ1) is 7.68. The Kier molecular flexibility index (Phi) is 3.91. The van der Waals surface area contributed by atoms with E-state index in [1.807, 2.05) is 0 Å². The van der Waals surface area contributed by atoms with Gasteiger partial charge in [-0.3, -0.25) is 4.90 Å². The first-order valence-corrected chi connectivity index (χ1v) is 7.15. The van der Waals surface area contributed by atoms with Crippen molar-refractivity contribution >= 4 is 0 Å². The van der Waals surface area contributed by atoms with Crippen LogP contribution in [-0.2, 0) is 0 Å². The first kappa shape index (κ1) is 12.4. The van der Waals surface area contributed by atoms with Crippen LogP contribution in [0.3, 0.4) is 0 Å². The molecule has 2 aliphatic rings. The van der Waals surface area contributed by atoms with E-state index in [4.69, 9.17) is 5.73 Å². The fourth-order valence-corrected chi connectivity index (χ4v) is 3.93. The molecule has 1 heterocycles. The van der Waals surface area contributed by atoms with E-state index in [1.165, 1.54) is 51.5 Å². The molecule has 1 saturated carbocycles. The third-order valence-corrected chi connectivity index (χ3v) is 4.91. The van der Waals surface area contributed by atoms with E-state index < -0.39 is 0 Å². The van der Waals surface area contributed by atoms with Crippen LogP contribution in [0.15, 0.2) is 0 Å². The summed E-state index contributed by atoms with van der Waals surface area (Å²) in [4.78, 5) is 2.76. The minimum Gasteiger partial charge on any atom is -0.329 e. The van der Waals surface area contributed by atoms with Crippen LogP contribution >= 0.6 is 0 Å². The summed E-state index contributed by atoms with van der Waals surface area (Å²) in [6, 6.07) is 0.741. The predicted octanol–water partition coefficient (Wildman–Crippen LogP) is 2.77. The summed E-state index contributed by atoms with van der Waals surface area (Å²) in [6.45, 7) is 6.94. The third kappa shape index (κ3) is 2.28. The van der Waals surface area contributed by atoms with Gasteiger partial charge in [-0.2, -0.15) is 0 Å². The Morgan fingerprint density at radius 3 is 2.44 bits per heavy atom. The Balaban J connectivity index is 2.07. The van der Waals surface area contributed by atoms with Gasteiger partial charge in [-0.05, 0) is 45.1 Å². The summed E-state index contributed by atoms with van der Waals surface area (Å²) in [5.74, 6) is 0.907. The Bertz CT molecular complexity index is 221. The number of hydrogen-bond donors (Lipinski definition) is 1. The highest BCUT2D eigenvalue weighted by atomic mass is 15.2. The second-order valence-electron chi connectivity index (χ2n) is 6.16. The van der Waals surface area contributed by atoms with Crippen LogP contribution < -0.4 is 5.73 Å². The fraction of sp³-hybridized carbons (Fsp3) is 1.00. The van der Waals surface area contributed by atoms with Crippen LogP contribution in [0.5, 0.6) is 0 Å². The maximum atomic E-state index is 6.12. The molecule has 1 aliphatic heterocycles. The Labute approximate surface area is 101 Å². The number of nitrogens with two attached hydrogens (primary N) is 1. The van der Waals surface area contributed by atoms with Gasteiger partial charge < -0.3 is 5.73 Å². The lowest BCUT2D eigenvalue weighted by Gasteiger charge is -2.51. The van der Waals surface area contributed by atoms with Crippen molar-refractivity contribution in [3.8, 4) is 0 Å². The van der Waals surface area contributed by atoms with Gasteiger partial charge in [0.15, 0.2) is 0 Å². The van der Waals surface area contributed by atoms with Crippen molar-refractivity contribution < 1.29 is 0 Å². The van der Waals surface area contributed by atoms with Gasteiger partial charge in [-0.25, -0.2) is 0 Å². The monoisotopic (exact) mass is 224 g/mol. The molecular weight excluding hydrogens is 196 g/mol. The molecule has 2 unspecified atom stereocenters. The summed E-state index contributed by atoms with van der Waals surface area (Å²) in [7, 11) is 0. The van der Waals surface area contributed by atoms with Crippen molar-refractivity contribution in [2.24, 2.45) is 11.7 Å². The molecule has 0 spiro atoms. The highest BCUT2D eigenvalue weighted by Gasteiger charge is 2.40. The lowest BCUT2D eigenvalue weighted by atomic mass is 9.77. The van der Waals surface area contributed by atoms with Crippen molar-refractivity contribution in [3.63, 3.8) is 0 Å². The third-order valence-electron chi connectivity index (χ3n) is 4.91. The molecule has 0 radical (unpaired) electrons. The Morgan fingerprint density at radius 1 is 1.19 bits per heavy atom. The number of piperidine rings is 1. The molecule has 2 heteroatoms. The topological polar surface area (TPSA) is 29.3 Å². The molecule has 2 fully saturated rings. The van der Waals surface area contributed by atoms with Crippen molar-refractivity contribution in [2.75, 3.05) is 13.1 Å². The van der Waals surface area contributed by atoms with Crippen molar-refractivity contribution in [3.05, 3.63) is 0 Å². The van der Waals surface area contributed by atoms with Crippen molar-refractivity contribution in [1.29, 1.82) is 0 Å². The zero-order valence-electron chi connectivity index (χ0n) is 11.0. The van der Waals surface area contributed by atoms with E-state index >= 15 is 0 Å². The molecule has 1 saturated heterocycles. The average molecular weight is 224 g/mol. The molecule has 2 nitrogen and oxygen atoms in total. The van der Waals surface area contributed by atoms with E-state index in [0.29, 0.717) is 5.54 Å². The highest BCUT2D eigenvalue weighted by Crippen LogP contribution is 2.37. The summed E-state index contributed by atoms with van der Waals surface area (Å²) in [5, 5.41) is 0. The van der Waals surface area contributed by atoms with Gasteiger partial charge in [0.05, 0.1) is 0 Å². The second-order valence-corrected chi connectivity index (χ2v) is 6.16. The standard InChI is InChI=1S/C14H28N2/c1-12-6-9-16(13(2)10-12)14(11-15)7-4-3-5-8-14/h12-13H,3-11,15H2,1-2H3. The number of hydrogen-bond acceptors (Lipinski definition) is 2. The molecule has 0 aromatic heterocycles. The van der Waals surface area contributed by atoms with E-state index in [0.717, 1.165) is 18.5 Å². The van der Waals surface area contributed by atoms with E-state index in [9.17, 15) is 0 Å². The number of likely N-dealkylation sites (tertiary alicyclic amines) is 1. The minimum atomic E-state index is 0.359. The lowest BCUT2D eigenvalue weighted by Crippen LogP contribution is -2.60. The van der Waals surface area contributed by atoms with Gasteiger partial charge >= 0.3 is 0 Å². The molecule has 2 N–H and O–H groups in total. The van der Waals surface area contributed by atoms with Gasteiger partial charge in [0, 0.05) is 18.1 Å². The van der Waals surface area contributed by atoms with E-state index in [1.54, 1.807) is 0 Å². The van der Waals surface area contributed by atoms with Crippen LogP contribution in [0.1, 0.15) is 58.8 Å². The van der Waals surface area contributed by atoms with Crippen LogP contribution in [0.25, 0.3) is 0 Å². The smallest absolute Gasteiger partial charge is 0.0334 e. The number of rotatable bonds is 2. The van der Waals surface area contributed by atoms with E-state index in [-0.39, 0.29) is 0 Å². The molecule has 94 valence electrons. The fourth-order valence-electron chi connectivity index (χ4n) is 3.93. The summed E-state index contributed by atoms with van der Waals surface area (Å²) in [5.41, 5.74) is 6.48. The Hall–Kier alpha value is -0.0800. The maximum absolute atomic E-state index is 6.12. The normalized spacial score (nSPS) is 36.2. The van der Waals surface area contributed by atoms with Gasteiger partial charge in [0.25, 0.3) is 0 Å². The summed E-state index contributed by atoms with van der Waals surface area (Å²) in [6.07, 6.45) is 9.59. The zero-order chi connectivity index (χ0) is 11.6. The van der Waals surface area contributed by atoms with Crippen LogP contribution in [-0.4, -0.2) is 29.6 Å². The summed E-state index contributed by atoms with van der Waals surface area (Å²) < 4.78 is 0. The predicted molar refractivity (Wildman–Crippen MR) is 69.4 cm³/mol. The average Bonchev–Trinajstić information content (AvgIpc) is 2.30. The zero-order valence-corrected chi connectivity index (χ0v) is 11.0. The number of nitrogens with zero attached hydrogens (tertiary/aromatic N) is 1. The SMILES string of the molecule is CC1CCN(C2(CN)CCCCC2)C(C)C1. The molecule has 16 heavy (non-hydrogen) atoms. The molecule has 0 aromatic rings. The largest absolute Gasteiger partial charge is 0.329 e. The molecule has 1 aliphatic carbocycles. The summed E-state index contributed by atoms with van der Waals surface area (Å²) >= 11 is 0. The minimum absolute atomic E-state index is 0.359. The Morgan fingerprint density at radius 2 is 1.88 bits per heavy atom. The van der Waals surface area contributed by atoms with Gasteiger partial charge in [-0.1, -0.05) is 26.2 Å². The van der Waals surface area contributed by atoms with Gasteiger partial charge in [0.2, 0.25) is 0 Å². The van der Waals surface area contributed by atoms with Crippen LogP contribution in [0.4, 0.5) is 0 Å². The molecule has 2 rings (SSSR count). The lowest BCUT2D eigenvalue weighted by molar-refractivity contribution is -0.00811. The first-order valence-electron chi connectivity index (χ1n) is 7.15. The second kappa shape index (κ2) is 5.05. The quantitative estimate of drug-likeness (QED) is 0.781. The highest BCUT2D eigenvalue weighted by molar-refractivity contribution is 4.97. The molecule has 2 atom stereocenters. The van der Waals surface area contributed by atoms with Crippen molar-refractivity contribution in [2.45, 2.75) is 70.4 Å². The molecule has 0 bridgehead atoms. The van der Waals surface area contributed by atoms with Crippen LogP contribution in [0.2, 0.25) is 0 Å². The molecule has 0 aromatic carbocycles. The van der Waals surface area contributed by atoms with Gasteiger partial charge in [-0.15, -0.1) is 0 Å². The molecule has 0 amide bonds. The van der Waals surface area contributed by atoms with E-state index in [2.05, 4.69) is 18.7 Å². The van der Waals surface area contributed by atoms with Gasteiger partial charge in [0.1, 0.15) is 0 Å². The van der Waals surface area contributed by atoms with Crippen molar-refractivity contribution in [1.82, 2.24) is 4.90 Å².